The molecule has 0 aromatic carbocycles. The maximum Gasteiger partial charge on any atom is 0.274 e. The molecule has 8 heteroatoms. The van der Waals surface area contributed by atoms with Gasteiger partial charge < -0.3 is 5.73 Å². The average Bonchev–Trinajstić information content (AvgIpc) is 2.83. The van der Waals surface area contributed by atoms with Gasteiger partial charge in [-0.3, -0.25) is 15.0 Å². The average molecular weight is 231 g/mol. The van der Waals surface area contributed by atoms with E-state index in [4.69, 9.17) is 5.73 Å². The maximum atomic E-state index is 11.7. The lowest BCUT2D eigenvalue weighted by atomic mass is 10.3. The second-order valence-electron chi connectivity index (χ2n) is 3.64. The first-order chi connectivity index (χ1) is 8.15. The molecule has 0 fully saturated rings. The number of hydrogen-bond acceptors (Lipinski definition) is 5. The van der Waals surface area contributed by atoms with E-state index >= 15 is 0 Å². The number of H-pyrrole nitrogens is 2. The molecule has 0 aliphatic rings. The van der Waals surface area contributed by atoms with E-state index in [1.54, 1.807) is 6.92 Å². The highest BCUT2D eigenvalue weighted by atomic mass is 16.1. The molecule has 8 nitrogen and oxygen atoms in total. The van der Waals surface area contributed by atoms with Crippen molar-refractivity contribution in [2.45, 2.75) is 6.92 Å². The lowest BCUT2D eigenvalue weighted by Gasteiger charge is -1.91. The number of fused-ring (bicyclic) bond motifs is 1. The fourth-order valence-electron chi connectivity index (χ4n) is 1.60. The molecule has 4 N–H and O–H groups in total. The molecule has 0 atom stereocenters. The van der Waals surface area contributed by atoms with Gasteiger partial charge in [0.15, 0.2) is 5.82 Å². The third-order valence-corrected chi connectivity index (χ3v) is 2.38. The van der Waals surface area contributed by atoms with Gasteiger partial charge in [-0.2, -0.15) is 14.6 Å². The highest BCUT2D eigenvalue weighted by molar-refractivity contribution is 5.67. The number of nitrogens with two attached hydrogens (primary N) is 1. The Balaban J connectivity index is 2.31. The smallest absolute Gasteiger partial charge is 0.274 e. The molecular weight excluding hydrogens is 222 g/mol. The van der Waals surface area contributed by atoms with E-state index in [-0.39, 0.29) is 5.56 Å². The van der Waals surface area contributed by atoms with Gasteiger partial charge >= 0.3 is 0 Å². The highest BCUT2D eigenvalue weighted by Gasteiger charge is 2.11. The number of nitrogen functional groups attached to an aromatic ring is 1. The summed E-state index contributed by atoms with van der Waals surface area (Å²) in [6, 6.07) is 1.42. The quantitative estimate of drug-likeness (QED) is 0.531. The Kier molecular flexibility index (Phi) is 1.79. The van der Waals surface area contributed by atoms with Crippen molar-refractivity contribution in [2.75, 3.05) is 5.73 Å². The minimum absolute atomic E-state index is 0.215. The number of hydrogen-bond donors (Lipinski definition) is 3. The minimum atomic E-state index is -0.215. The molecule has 0 unspecified atom stereocenters. The van der Waals surface area contributed by atoms with Gasteiger partial charge in [0, 0.05) is 11.8 Å². The predicted octanol–water partition coefficient (Wildman–Crippen LogP) is -0.302. The minimum Gasteiger partial charge on any atom is -0.383 e. The van der Waals surface area contributed by atoms with E-state index < -0.39 is 0 Å². The van der Waals surface area contributed by atoms with E-state index in [2.05, 4.69) is 25.3 Å². The lowest BCUT2D eigenvalue weighted by molar-refractivity contribution is 0.892. The van der Waals surface area contributed by atoms with Crippen LogP contribution in [0.3, 0.4) is 0 Å². The summed E-state index contributed by atoms with van der Waals surface area (Å²) in [5.41, 5.74) is 6.68. The zero-order chi connectivity index (χ0) is 12.0. The van der Waals surface area contributed by atoms with E-state index in [9.17, 15) is 4.79 Å². The molecule has 0 saturated carbocycles. The van der Waals surface area contributed by atoms with E-state index in [0.717, 1.165) is 0 Å². The van der Waals surface area contributed by atoms with Crippen LogP contribution in [-0.4, -0.2) is 29.8 Å². The molecule has 3 rings (SSSR count). The van der Waals surface area contributed by atoms with Crippen LogP contribution in [0.1, 0.15) is 5.69 Å². The second-order valence-corrected chi connectivity index (χ2v) is 3.64. The molecule has 3 heterocycles. The number of aromatic nitrogens is 6. The summed E-state index contributed by atoms with van der Waals surface area (Å²) < 4.78 is 1.26. The second kappa shape index (κ2) is 3.17. The fourth-order valence-corrected chi connectivity index (χ4v) is 1.60. The standard InChI is InChI=1S/C9H9N7O/c1-4-2-6(17)16-9(12-4)13-8(15-16)5-3-11-14-7(5)10/h2-3H,1H3,(H3,10,11,14)(H,12,13,15). The van der Waals surface area contributed by atoms with Gasteiger partial charge in [-0.05, 0) is 6.92 Å². The SMILES string of the molecule is Cc1cc(=O)n2[nH]c(-c3cn[nH]c3N)nc2n1. The number of nitrogens with one attached hydrogen (secondary N) is 2. The Bertz CT molecular complexity index is 750. The van der Waals surface area contributed by atoms with Crippen LogP contribution in [0.2, 0.25) is 0 Å². The third-order valence-electron chi connectivity index (χ3n) is 2.38. The van der Waals surface area contributed by atoms with Crippen molar-refractivity contribution in [2.24, 2.45) is 0 Å². The van der Waals surface area contributed by atoms with Crippen LogP contribution in [0.25, 0.3) is 17.2 Å². The zero-order valence-corrected chi connectivity index (χ0v) is 8.93. The summed E-state index contributed by atoms with van der Waals surface area (Å²) in [5.74, 6) is 1.14. The van der Waals surface area contributed by atoms with Crippen molar-refractivity contribution in [3.05, 3.63) is 28.3 Å². The highest BCUT2D eigenvalue weighted by Crippen LogP contribution is 2.19. The molecule has 3 aromatic heterocycles. The summed E-state index contributed by atoms with van der Waals surface area (Å²) >= 11 is 0. The molecule has 86 valence electrons. The van der Waals surface area contributed by atoms with E-state index in [1.807, 2.05) is 0 Å². The maximum absolute atomic E-state index is 11.7. The predicted molar refractivity (Wildman–Crippen MR) is 60.3 cm³/mol. The fraction of sp³-hybridized carbons (Fsp3) is 0.111. The molecule has 17 heavy (non-hydrogen) atoms. The van der Waals surface area contributed by atoms with Gasteiger partial charge in [-0.1, -0.05) is 0 Å². The van der Waals surface area contributed by atoms with Crippen LogP contribution in [-0.2, 0) is 0 Å². The molecule has 0 aliphatic heterocycles. The lowest BCUT2D eigenvalue weighted by Crippen LogP contribution is -2.14. The topological polar surface area (TPSA) is 118 Å². The summed E-state index contributed by atoms with van der Waals surface area (Å²) in [5, 5.41) is 9.21. The van der Waals surface area contributed by atoms with Gasteiger partial charge in [-0.25, -0.2) is 4.98 Å². The first kappa shape index (κ1) is 9.58. The van der Waals surface area contributed by atoms with E-state index in [1.165, 1.54) is 16.8 Å². The molecule has 3 aromatic rings. The molecule has 0 bridgehead atoms. The Hall–Kier alpha value is -2.64. The van der Waals surface area contributed by atoms with Gasteiger partial charge in [0.1, 0.15) is 5.82 Å². The van der Waals surface area contributed by atoms with Crippen molar-refractivity contribution >= 4 is 11.6 Å². The Morgan fingerprint density at radius 1 is 1.41 bits per heavy atom. The van der Waals surface area contributed by atoms with Gasteiger partial charge in [-0.15, -0.1) is 0 Å². The van der Waals surface area contributed by atoms with Crippen LogP contribution in [0.4, 0.5) is 5.82 Å². The number of aryl methyl sites for hydroxylation is 1. The number of rotatable bonds is 1. The normalized spacial score (nSPS) is 11.1. The molecule has 0 radical (unpaired) electrons. The molecule has 0 saturated heterocycles. The molecule has 0 aliphatic carbocycles. The van der Waals surface area contributed by atoms with Crippen molar-refractivity contribution in [1.29, 1.82) is 0 Å². The summed E-state index contributed by atoms with van der Waals surface area (Å²) in [6.07, 6.45) is 1.53. The summed E-state index contributed by atoms with van der Waals surface area (Å²) in [4.78, 5) is 20.0. The van der Waals surface area contributed by atoms with Crippen LogP contribution < -0.4 is 11.3 Å². The van der Waals surface area contributed by atoms with Crippen molar-refractivity contribution in [1.82, 2.24) is 29.8 Å². The van der Waals surface area contributed by atoms with Crippen molar-refractivity contribution in [3.8, 4) is 11.4 Å². The largest absolute Gasteiger partial charge is 0.383 e. The van der Waals surface area contributed by atoms with Crippen LogP contribution in [0.15, 0.2) is 17.1 Å². The van der Waals surface area contributed by atoms with Crippen LogP contribution in [0.5, 0.6) is 0 Å². The number of anilines is 1. The Labute approximate surface area is 94.5 Å². The van der Waals surface area contributed by atoms with Crippen LogP contribution in [0, 0.1) is 6.92 Å². The Morgan fingerprint density at radius 3 is 2.94 bits per heavy atom. The number of aromatic amines is 2. The molecule has 0 amide bonds. The monoisotopic (exact) mass is 231 g/mol. The van der Waals surface area contributed by atoms with Crippen molar-refractivity contribution < 1.29 is 0 Å². The first-order valence-corrected chi connectivity index (χ1v) is 4.91. The first-order valence-electron chi connectivity index (χ1n) is 4.91. The van der Waals surface area contributed by atoms with Gasteiger partial charge in [0.25, 0.3) is 11.3 Å². The number of nitrogens with zero attached hydrogens (tertiary/aromatic N) is 4. The third kappa shape index (κ3) is 1.38. The summed E-state index contributed by atoms with van der Waals surface area (Å²) in [6.45, 7) is 1.74. The zero-order valence-electron chi connectivity index (χ0n) is 8.93. The summed E-state index contributed by atoms with van der Waals surface area (Å²) in [7, 11) is 0. The van der Waals surface area contributed by atoms with Gasteiger partial charge in [0.2, 0.25) is 0 Å². The van der Waals surface area contributed by atoms with Crippen LogP contribution >= 0.6 is 0 Å². The van der Waals surface area contributed by atoms with E-state index in [0.29, 0.717) is 28.7 Å². The Morgan fingerprint density at radius 2 is 2.24 bits per heavy atom. The van der Waals surface area contributed by atoms with Gasteiger partial charge in [0.05, 0.1) is 11.8 Å². The van der Waals surface area contributed by atoms with Crippen molar-refractivity contribution in [3.63, 3.8) is 0 Å². The molecular formula is C9H9N7O. The molecule has 0 spiro atoms.